The molecule has 8 heteroatoms. The molecule has 3 aromatic heterocycles. The minimum Gasteiger partial charge on any atom is -0.366 e. The second-order valence-electron chi connectivity index (χ2n) is 5.35. The smallest absolute Gasteiger partial charge is 0.270 e. The highest BCUT2D eigenvalue weighted by Gasteiger charge is 2.17. The average Bonchev–Trinajstić information content (AvgIpc) is 3.25. The van der Waals surface area contributed by atoms with Gasteiger partial charge in [0, 0.05) is 27.1 Å². The lowest BCUT2D eigenvalue weighted by Crippen LogP contribution is -2.14. The van der Waals surface area contributed by atoms with Gasteiger partial charge in [-0.15, -0.1) is 21.5 Å². The number of aromatic nitrogens is 3. The largest absolute Gasteiger partial charge is 0.366 e. The van der Waals surface area contributed by atoms with Gasteiger partial charge in [-0.05, 0) is 29.8 Å². The Balaban J connectivity index is 1.88. The Hall–Kier alpha value is -2.71. The quantitative estimate of drug-likeness (QED) is 0.464. The highest BCUT2D eigenvalue weighted by Crippen LogP contribution is 2.38. The van der Waals surface area contributed by atoms with Crippen molar-refractivity contribution >= 4 is 54.8 Å². The molecule has 0 saturated carbocycles. The lowest BCUT2D eigenvalue weighted by molar-refractivity contribution is 0.0996. The van der Waals surface area contributed by atoms with E-state index >= 15 is 0 Å². The molecule has 0 spiro atoms. The van der Waals surface area contributed by atoms with Crippen LogP contribution in [0.1, 0.15) is 10.5 Å². The Morgan fingerprint density at radius 2 is 2.00 bits per heavy atom. The minimum atomic E-state index is -0.588. The summed E-state index contributed by atoms with van der Waals surface area (Å²) in [5.74, 6) is -0.00545. The first kappa shape index (κ1) is 15.8. The van der Waals surface area contributed by atoms with Crippen LogP contribution in [0, 0.1) is 0 Å². The third kappa shape index (κ3) is 3.01. The maximum atomic E-state index is 11.7. The van der Waals surface area contributed by atoms with Gasteiger partial charge in [0.1, 0.15) is 0 Å². The number of H-pyrrole nitrogens is 1. The van der Waals surface area contributed by atoms with E-state index in [1.54, 1.807) is 0 Å². The Morgan fingerprint density at radius 3 is 2.68 bits per heavy atom. The molecule has 0 unspecified atom stereocenters. The van der Waals surface area contributed by atoms with Crippen molar-refractivity contribution < 1.29 is 4.79 Å². The van der Waals surface area contributed by atoms with E-state index in [2.05, 4.69) is 36.4 Å². The van der Waals surface area contributed by atoms with Crippen molar-refractivity contribution in [3.8, 4) is 10.4 Å². The van der Waals surface area contributed by atoms with Crippen LogP contribution in [-0.2, 0) is 0 Å². The van der Waals surface area contributed by atoms with Crippen LogP contribution in [0.15, 0.2) is 53.3 Å². The van der Waals surface area contributed by atoms with Gasteiger partial charge in [0.05, 0.1) is 10.4 Å². The standard InChI is InChI=1S/C17H12BrN5OS/c18-10-3-1-9(2-4-10)13-7-12-15(25-13)14(16(19)24)22-23-17(12)21-11-5-6-20-8-11/h1-8,20H,(H2,19,24)(H,21,23). The van der Waals surface area contributed by atoms with Gasteiger partial charge in [-0.3, -0.25) is 4.79 Å². The lowest BCUT2D eigenvalue weighted by Gasteiger charge is -2.04. The topological polar surface area (TPSA) is 96.7 Å². The Labute approximate surface area is 155 Å². The monoisotopic (exact) mass is 413 g/mol. The van der Waals surface area contributed by atoms with E-state index in [9.17, 15) is 4.79 Å². The number of amides is 1. The van der Waals surface area contributed by atoms with E-state index < -0.39 is 5.91 Å². The highest BCUT2D eigenvalue weighted by atomic mass is 79.9. The third-order valence-electron chi connectivity index (χ3n) is 3.68. The van der Waals surface area contributed by atoms with Gasteiger partial charge >= 0.3 is 0 Å². The molecule has 4 N–H and O–H groups in total. The maximum absolute atomic E-state index is 11.7. The molecule has 0 aliphatic heterocycles. The zero-order valence-electron chi connectivity index (χ0n) is 12.8. The first-order valence-electron chi connectivity index (χ1n) is 7.37. The van der Waals surface area contributed by atoms with E-state index in [0.29, 0.717) is 5.82 Å². The molecule has 0 atom stereocenters. The molecule has 0 saturated heterocycles. The number of carbonyl (C=O) groups excluding carboxylic acids is 1. The van der Waals surface area contributed by atoms with E-state index in [-0.39, 0.29) is 5.69 Å². The molecule has 1 amide bonds. The molecule has 0 aliphatic carbocycles. The molecule has 0 aliphatic rings. The average molecular weight is 414 g/mol. The summed E-state index contributed by atoms with van der Waals surface area (Å²) >= 11 is 4.91. The summed E-state index contributed by atoms with van der Waals surface area (Å²) in [6, 6.07) is 11.9. The number of benzene rings is 1. The van der Waals surface area contributed by atoms with Crippen LogP contribution < -0.4 is 11.1 Å². The summed E-state index contributed by atoms with van der Waals surface area (Å²) in [4.78, 5) is 15.7. The first-order valence-corrected chi connectivity index (χ1v) is 8.98. The third-order valence-corrected chi connectivity index (χ3v) is 5.39. The maximum Gasteiger partial charge on any atom is 0.270 e. The Kier molecular flexibility index (Phi) is 3.98. The van der Waals surface area contributed by atoms with Crippen LogP contribution in [-0.4, -0.2) is 21.1 Å². The van der Waals surface area contributed by atoms with Crippen LogP contribution >= 0.6 is 27.3 Å². The second-order valence-corrected chi connectivity index (χ2v) is 7.31. The first-order chi connectivity index (χ1) is 12.1. The molecule has 124 valence electrons. The molecule has 3 heterocycles. The number of anilines is 2. The van der Waals surface area contributed by atoms with Gasteiger partial charge < -0.3 is 16.0 Å². The zero-order valence-corrected chi connectivity index (χ0v) is 15.2. The molecule has 0 radical (unpaired) electrons. The molecule has 4 rings (SSSR count). The SMILES string of the molecule is NC(=O)c1nnc(Nc2cc[nH]c2)c2cc(-c3ccc(Br)cc3)sc12. The molecule has 0 fully saturated rings. The van der Waals surface area contributed by atoms with Crippen molar-refractivity contribution in [3.63, 3.8) is 0 Å². The Bertz CT molecular complexity index is 1060. The highest BCUT2D eigenvalue weighted by molar-refractivity contribution is 9.10. The lowest BCUT2D eigenvalue weighted by atomic mass is 10.1. The fourth-order valence-electron chi connectivity index (χ4n) is 2.49. The van der Waals surface area contributed by atoms with Crippen LogP contribution in [0.3, 0.4) is 0 Å². The van der Waals surface area contributed by atoms with Crippen molar-refractivity contribution in [2.75, 3.05) is 5.32 Å². The van der Waals surface area contributed by atoms with Crippen molar-refractivity contribution in [1.29, 1.82) is 0 Å². The van der Waals surface area contributed by atoms with E-state index in [4.69, 9.17) is 5.73 Å². The second kappa shape index (κ2) is 6.30. The normalized spacial score (nSPS) is 10.9. The van der Waals surface area contributed by atoms with E-state index in [0.717, 1.165) is 30.7 Å². The zero-order chi connectivity index (χ0) is 17.4. The van der Waals surface area contributed by atoms with Crippen LogP contribution in [0.4, 0.5) is 11.5 Å². The number of carbonyl (C=O) groups is 1. The summed E-state index contributed by atoms with van der Waals surface area (Å²) in [5.41, 5.74) is 7.56. The number of hydrogen-bond acceptors (Lipinski definition) is 5. The van der Waals surface area contributed by atoms with Crippen molar-refractivity contribution in [3.05, 3.63) is 59.0 Å². The van der Waals surface area contributed by atoms with E-state index in [1.807, 2.05) is 48.8 Å². The molecular formula is C17H12BrN5OS. The summed E-state index contributed by atoms with van der Waals surface area (Å²) in [6.07, 6.45) is 3.63. The fourth-order valence-corrected chi connectivity index (χ4v) is 3.91. The number of nitrogens with one attached hydrogen (secondary N) is 2. The number of hydrogen-bond donors (Lipinski definition) is 3. The van der Waals surface area contributed by atoms with Crippen molar-refractivity contribution in [2.45, 2.75) is 0 Å². The number of aromatic amines is 1. The summed E-state index contributed by atoms with van der Waals surface area (Å²) in [5, 5.41) is 12.2. The fraction of sp³-hybridized carbons (Fsp3) is 0. The van der Waals surface area contributed by atoms with E-state index in [1.165, 1.54) is 11.3 Å². The Morgan fingerprint density at radius 1 is 1.20 bits per heavy atom. The number of fused-ring (bicyclic) bond motifs is 1. The van der Waals surface area contributed by atoms with Crippen LogP contribution in [0.2, 0.25) is 0 Å². The van der Waals surface area contributed by atoms with Gasteiger partial charge in [-0.25, -0.2) is 0 Å². The molecule has 6 nitrogen and oxygen atoms in total. The number of thiophene rings is 1. The summed E-state index contributed by atoms with van der Waals surface area (Å²) < 4.78 is 1.73. The molecule has 0 bridgehead atoms. The van der Waals surface area contributed by atoms with Crippen molar-refractivity contribution in [1.82, 2.24) is 15.2 Å². The molecule has 1 aromatic carbocycles. The molecule has 4 aromatic rings. The summed E-state index contributed by atoms with van der Waals surface area (Å²) in [6.45, 7) is 0. The van der Waals surface area contributed by atoms with Crippen LogP contribution in [0.5, 0.6) is 0 Å². The van der Waals surface area contributed by atoms with Gasteiger partial charge in [-0.2, -0.15) is 0 Å². The van der Waals surface area contributed by atoms with Crippen molar-refractivity contribution in [2.24, 2.45) is 5.73 Å². The number of primary amides is 1. The number of nitrogens with zero attached hydrogens (tertiary/aromatic N) is 2. The number of nitrogens with two attached hydrogens (primary N) is 1. The van der Waals surface area contributed by atoms with Gasteiger partial charge in [0.15, 0.2) is 11.5 Å². The summed E-state index contributed by atoms with van der Waals surface area (Å²) in [7, 11) is 0. The minimum absolute atomic E-state index is 0.183. The predicted molar refractivity (Wildman–Crippen MR) is 103 cm³/mol. The van der Waals surface area contributed by atoms with Gasteiger partial charge in [-0.1, -0.05) is 28.1 Å². The number of rotatable bonds is 4. The number of halogens is 1. The van der Waals surface area contributed by atoms with Gasteiger partial charge in [0.2, 0.25) is 0 Å². The predicted octanol–water partition coefficient (Wildman–Crippen LogP) is 4.29. The van der Waals surface area contributed by atoms with Crippen LogP contribution in [0.25, 0.3) is 20.5 Å². The molecular weight excluding hydrogens is 402 g/mol. The van der Waals surface area contributed by atoms with Gasteiger partial charge in [0.25, 0.3) is 5.91 Å². The molecule has 25 heavy (non-hydrogen) atoms.